The third-order valence-electron chi connectivity index (χ3n) is 4.09. The summed E-state index contributed by atoms with van der Waals surface area (Å²) in [6.45, 7) is 10.8. The van der Waals surface area contributed by atoms with Gasteiger partial charge in [-0.2, -0.15) is 0 Å². The summed E-state index contributed by atoms with van der Waals surface area (Å²) in [4.78, 5) is 4.64. The minimum Gasteiger partial charge on any atom is -0.387 e. The Labute approximate surface area is 130 Å². The van der Waals surface area contributed by atoms with Crippen LogP contribution in [0.5, 0.6) is 0 Å². The molecule has 0 aliphatic heterocycles. The van der Waals surface area contributed by atoms with Crippen molar-refractivity contribution in [2.75, 3.05) is 27.2 Å². The molecule has 0 spiro atoms. The Kier molecular flexibility index (Phi) is 7.36. The van der Waals surface area contributed by atoms with Crippen LogP contribution in [0, 0.1) is 5.92 Å². The predicted octanol–water partition coefficient (Wildman–Crippen LogP) is 3.02. The molecule has 0 amide bonds. The summed E-state index contributed by atoms with van der Waals surface area (Å²) in [5, 5.41) is 10.9. The van der Waals surface area contributed by atoms with Crippen molar-refractivity contribution in [1.29, 1.82) is 0 Å². The maximum atomic E-state index is 10.9. The van der Waals surface area contributed by atoms with Gasteiger partial charge in [0.15, 0.2) is 0 Å². The van der Waals surface area contributed by atoms with Crippen molar-refractivity contribution < 1.29 is 5.11 Å². The summed E-state index contributed by atoms with van der Waals surface area (Å²) in [7, 11) is 4.20. The molecule has 1 N–H and O–H groups in total. The fourth-order valence-corrected chi connectivity index (χ4v) is 3.23. The molecule has 0 heterocycles. The van der Waals surface area contributed by atoms with Crippen LogP contribution < -0.4 is 0 Å². The van der Waals surface area contributed by atoms with Crippen LogP contribution in [0.3, 0.4) is 0 Å². The highest BCUT2D eigenvalue weighted by molar-refractivity contribution is 5.19. The van der Waals surface area contributed by atoms with Crippen LogP contribution >= 0.6 is 0 Å². The van der Waals surface area contributed by atoms with E-state index in [0.717, 1.165) is 18.7 Å². The molecule has 1 rings (SSSR count). The third kappa shape index (κ3) is 5.10. The Morgan fingerprint density at radius 1 is 1.05 bits per heavy atom. The zero-order valence-corrected chi connectivity index (χ0v) is 14.5. The molecule has 3 nitrogen and oxygen atoms in total. The van der Waals surface area contributed by atoms with Gasteiger partial charge in [0.1, 0.15) is 0 Å². The molecule has 21 heavy (non-hydrogen) atoms. The van der Waals surface area contributed by atoms with E-state index >= 15 is 0 Å². The zero-order valence-electron chi connectivity index (χ0n) is 14.5. The fourth-order valence-electron chi connectivity index (χ4n) is 3.23. The molecule has 0 aliphatic carbocycles. The highest BCUT2D eigenvalue weighted by atomic mass is 16.3. The molecular formula is C18H32N2O. The molecule has 0 fully saturated rings. The van der Waals surface area contributed by atoms with Crippen molar-refractivity contribution >= 4 is 0 Å². The maximum Gasteiger partial charge on any atom is 0.0947 e. The monoisotopic (exact) mass is 292 g/mol. The Hall–Kier alpha value is -0.900. The maximum absolute atomic E-state index is 10.9. The summed E-state index contributed by atoms with van der Waals surface area (Å²) in [6.07, 6.45) is -0.448. The topological polar surface area (TPSA) is 26.7 Å². The first-order valence-corrected chi connectivity index (χ1v) is 8.01. The first kappa shape index (κ1) is 18.1. The van der Waals surface area contributed by atoms with E-state index in [1.165, 1.54) is 0 Å². The van der Waals surface area contributed by atoms with Crippen LogP contribution in [0.2, 0.25) is 0 Å². The molecule has 1 aromatic rings. The summed E-state index contributed by atoms with van der Waals surface area (Å²) in [5.41, 5.74) is 1.01. The van der Waals surface area contributed by atoms with E-state index in [-0.39, 0.29) is 6.04 Å². The number of hydrogen-bond donors (Lipinski definition) is 1. The predicted molar refractivity (Wildman–Crippen MR) is 90.4 cm³/mol. The van der Waals surface area contributed by atoms with Crippen LogP contribution in [0.1, 0.15) is 39.4 Å². The molecule has 0 saturated carbocycles. The van der Waals surface area contributed by atoms with Crippen LogP contribution in [-0.4, -0.2) is 54.2 Å². The summed E-state index contributed by atoms with van der Waals surface area (Å²) < 4.78 is 0. The number of rotatable bonds is 8. The summed E-state index contributed by atoms with van der Waals surface area (Å²) >= 11 is 0. The Balaban J connectivity index is 2.98. The van der Waals surface area contributed by atoms with E-state index in [0.29, 0.717) is 12.0 Å². The number of likely N-dealkylation sites (N-methyl/N-ethyl adjacent to an activating group) is 2. The van der Waals surface area contributed by atoms with Crippen LogP contribution in [0.25, 0.3) is 0 Å². The number of aliphatic hydroxyl groups is 1. The van der Waals surface area contributed by atoms with Gasteiger partial charge in [0.2, 0.25) is 0 Å². The molecular weight excluding hydrogens is 260 g/mol. The lowest BCUT2D eigenvalue weighted by atomic mass is 9.91. The first-order valence-electron chi connectivity index (χ1n) is 8.01. The zero-order chi connectivity index (χ0) is 16.0. The van der Waals surface area contributed by atoms with Gasteiger partial charge in [-0.1, -0.05) is 51.1 Å². The highest BCUT2D eigenvalue weighted by Gasteiger charge is 2.31. The largest absolute Gasteiger partial charge is 0.387 e. The van der Waals surface area contributed by atoms with Crippen LogP contribution in [0.15, 0.2) is 30.3 Å². The van der Waals surface area contributed by atoms with Gasteiger partial charge in [-0.3, -0.25) is 4.90 Å². The van der Waals surface area contributed by atoms with E-state index in [1.54, 1.807) is 0 Å². The average Bonchev–Trinajstić information content (AvgIpc) is 2.43. The van der Waals surface area contributed by atoms with Gasteiger partial charge in [-0.15, -0.1) is 0 Å². The van der Waals surface area contributed by atoms with Crippen LogP contribution in [-0.2, 0) is 0 Å². The molecule has 0 saturated heterocycles. The fraction of sp³-hybridized carbons (Fsp3) is 0.667. The van der Waals surface area contributed by atoms with Gasteiger partial charge in [-0.25, -0.2) is 0 Å². The second-order valence-electron chi connectivity index (χ2n) is 6.53. The second kappa shape index (κ2) is 8.52. The molecule has 120 valence electrons. The minimum atomic E-state index is -0.448. The summed E-state index contributed by atoms with van der Waals surface area (Å²) in [6, 6.07) is 10.6. The lowest BCUT2D eigenvalue weighted by molar-refractivity contribution is -0.0000325. The van der Waals surface area contributed by atoms with Gasteiger partial charge in [0, 0.05) is 18.6 Å². The molecule has 1 aromatic carbocycles. The lowest BCUT2D eigenvalue weighted by Gasteiger charge is -2.41. The Morgan fingerprint density at radius 2 is 1.62 bits per heavy atom. The normalized spacial score (nSPS) is 16.5. The van der Waals surface area contributed by atoms with E-state index < -0.39 is 6.10 Å². The smallest absolute Gasteiger partial charge is 0.0947 e. The van der Waals surface area contributed by atoms with Gasteiger partial charge >= 0.3 is 0 Å². The molecule has 0 bridgehead atoms. The van der Waals surface area contributed by atoms with Crippen molar-refractivity contribution in [1.82, 2.24) is 9.80 Å². The van der Waals surface area contributed by atoms with Gasteiger partial charge in [0.05, 0.1) is 6.10 Å². The first-order chi connectivity index (χ1) is 9.88. The SMILES string of the molecule is CCN(C(C)CN(C)C)C(C(C)C)C(O)c1ccccc1. The van der Waals surface area contributed by atoms with Crippen molar-refractivity contribution in [2.24, 2.45) is 5.92 Å². The second-order valence-corrected chi connectivity index (χ2v) is 6.53. The Bertz CT molecular complexity index is 391. The molecule has 3 heteroatoms. The number of nitrogens with zero attached hydrogens (tertiary/aromatic N) is 2. The molecule has 0 aliphatic rings. The third-order valence-corrected chi connectivity index (χ3v) is 4.09. The standard InChI is InChI=1S/C18H32N2O/c1-7-20(15(4)13-19(5)6)17(14(2)3)18(21)16-11-9-8-10-12-16/h8-12,14-15,17-18,21H,7,13H2,1-6H3. The minimum absolute atomic E-state index is 0.132. The van der Waals surface area contributed by atoms with E-state index in [4.69, 9.17) is 0 Å². The number of benzene rings is 1. The Morgan fingerprint density at radius 3 is 2.05 bits per heavy atom. The van der Waals surface area contributed by atoms with Gasteiger partial charge in [0.25, 0.3) is 0 Å². The number of hydrogen-bond acceptors (Lipinski definition) is 3. The van der Waals surface area contributed by atoms with E-state index in [1.807, 2.05) is 30.3 Å². The van der Waals surface area contributed by atoms with Crippen molar-refractivity contribution in [3.05, 3.63) is 35.9 Å². The van der Waals surface area contributed by atoms with E-state index in [2.05, 4.69) is 51.6 Å². The van der Waals surface area contributed by atoms with E-state index in [9.17, 15) is 5.11 Å². The highest BCUT2D eigenvalue weighted by Crippen LogP contribution is 2.28. The lowest BCUT2D eigenvalue weighted by Crippen LogP contribution is -2.50. The average molecular weight is 292 g/mol. The summed E-state index contributed by atoms with van der Waals surface area (Å²) in [5.74, 6) is 0.393. The molecule has 0 radical (unpaired) electrons. The molecule has 3 unspecified atom stereocenters. The quantitative estimate of drug-likeness (QED) is 0.798. The molecule has 0 aromatic heterocycles. The molecule has 3 atom stereocenters. The van der Waals surface area contributed by atoms with Gasteiger partial charge < -0.3 is 10.0 Å². The van der Waals surface area contributed by atoms with Crippen LogP contribution in [0.4, 0.5) is 0 Å². The van der Waals surface area contributed by atoms with Crippen molar-refractivity contribution in [3.8, 4) is 0 Å². The van der Waals surface area contributed by atoms with Crippen molar-refractivity contribution in [2.45, 2.75) is 45.9 Å². The van der Waals surface area contributed by atoms with Crippen molar-refractivity contribution in [3.63, 3.8) is 0 Å². The number of aliphatic hydroxyl groups excluding tert-OH is 1. The van der Waals surface area contributed by atoms with Gasteiger partial charge in [-0.05, 0) is 39.0 Å².